The van der Waals surface area contributed by atoms with Crippen molar-refractivity contribution in [1.29, 1.82) is 5.26 Å². The van der Waals surface area contributed by atoms with E-state index in [4.69, 9.17) is 14.5 Å². The van der Waals surface area contributed by atoms with Gasteiger partial charge in [-0.3, -0.25) is 9.69 Å². The van der Waals surface area contributed by atoms with Crippen LogP contribution in [0.1, 0.15) is 19.3 Å². The molecular formula is C20H21BrN4O3. The minimum absolute atomic E-state index is 0.0295. The Labute approximate surface area is 172 Å². The van der Waals surface area contributed by atoms with Crippen LogP contribution in [0.3, 0.4) is 0 Å². The summed E-state index contributed by atoms with van der Waals surface area (Å²) >= 11 is 3.42. The highest BCUT2D eigenvalue weighted by Gasteiger charge is 2.32. The van der Waals surface area contributed by atoms with Gasteiger partial charge in [0.1, 0.15) is 17.8 Å². The highest BCUT2D eigenvalue weighted by Crippen LogP contribution is 2.26. The molecular weight excluding hydrogens is 424 g/mol. The first kappa shape index (κ1) is 19.0. The minimum Gasteiger partial charge on any atom is -0.459 e. The molecule has 2 aromatic rings. The number of halogens is 1. The average molecular weight is 445 g/mol. The molecule has 2 aliphatic rings. The molecule has 2 fully saturated rings. The largest absolute Gasteiger partial charge is 0.459 e. The van der Waals surface area contributed by atoms with E-state index in [2.05, 4.69) is 32.1 Å². The molecule has 0 bridgehead atoms. The minimum atomic E-state index is -0.270. The quantitative estimate of drug-likeness (QED) is 0.704. The monoisotopic (exact) mass is 444 g/mol. The van der Waals surface area contributed by atoms with Crippen LogP contribution in [0.25, 0.3) is 11.3 Å². The van der Waals surface area contributed by atoms with Crippen LogP contribution >= 0.6 is 15.9 Å². The van der Waals surface area contributed by atoms with Crippen LogP contribution in [0, 0.1) is 11.3 Å². The SMILES string of the molecule is N#CC1CCCN1C(=O)CN1CCC(Oc2cc(-c3ccc(Br)cc3)no2)C1. The van der Waals surface area contributed by atoms with Gasteiger partial charge in [-0.05, 0) is 31.4 Å². The fraction of sp³-hybridized carbons (Fsp3) is 0.450. The Morgan fingerprint density at radius 1 is 1.32 bits per heavy atom. The van der Waals surface area contributed by atoms with Crippen LogP contribution in [0.2, 0.25) is 0 Å². The molecule has 0 saturated carbocycles. The van der Waals surface area contributed by atoms with E-state index in [0.717, 1.165) is 41.5 Å². The van der Waals surface area contributed by atoms with E-state index in [-0.39, 0.29) is 18.1 Å². The standard InChI is InChI=1S/C20H21BrN4O3/c21-15-5-3-14(4-6-15)18-10-20(28-23-18)27-17-7-9-24(12-17)13-19(26)25-8-1-2-16(25)11-22/h3-6,10,16-17H,1-2,7-9,12-13H2. The van der Waals surface area contributed by atoms with E-state index in [0.29, 0.717) is 25.6 Å². The molecule has 1 amide bonds. The molecule has 7 nitrogen and oxygen atoms in total. The Morgan fingerprint density at radius 3 is 2.93 bits per heavy atom. The fourth-order valence-electron chi connectivity index (χ4n) is 3.75. The van der Waals surface area contributed by atoms with Crippen LogP contribution < -0.4 is 4.74 Å². The summed E-state index contributed by atoms with van der Waals surface area (Å²) in [5, 5.41) is 13.2. The number of ether oxygens (including phenoxy) is 1. The summed E-state index contributed by atoms with van der Waals surface area (Å²) in [6.07, 6.45) is 2.47. The van der Waals surface area contributed by atoms with E-state index >= 15 is 0 Å². The van der Waals surface area contributed by atoms with Crippen molar-refractivity contribution in [1.82, 2.24) is 15.0 Å². The molecule has 2 unspecified atom stereocenters. The third-order valence-electron chi connectivity index (χ3n) is 5.22. The summed E-state index contributed by atoms with van der Waals surface area (Å²) in [6.45, 7) is 2.46. The molecule has 2 saturated heterocycles. The molecule has 0 spiro atoms. The molecule has 4 rings (SSSR count). The van der Waals surface area contributed by atoms with Crippen molar-refractivity contribution in [2.75, 3.05) is 26.2 Å². The lowest BCUT2D eigenvalue weighted by Crippen LogP contribution is -2.42. The summed E-state index contributed by atoms with van der Waals surface area (Å²) in [7, 11) is 0. The third-order valence-corrected chi connectivity index (χ3v) is 5.75. The highest BCUT2D eigenvalue weighted by atomic mass is 79.9. The first-order chi connectivity index (χ1) is 13.6. The van der Waals surface area contributed by atoms with Crippen molar-refractivity contribution in [2.45, 2.75) is 31.4 Å². The number of carbonyl (C=O) groups is 1. The Hall–Kier alpha value is -2.37. The van der Waals surface area contributed by atoms with Crippen molar-refractivity contribution in [2.24, 2.45) is 0 Å². The van der Waals surface area contributed by atoms with Gasteiger partial charge in [0.2, 0.25) is 5.91 Å². The van der Waals surface area contributed by atoms with E-state index in [1.54, 1.807) is 11.0 Å². The lowest BCUT2D eigenvalue weighted by molar-refractivity contribution is -0.132. The molecule has 3 heterocycles. The van der Waals surface area contributed by atoms with Crippen LogP contribution in [-0.2, 0) is 4.79 Å². The average Bonchev–Trinajstić information content (AvgIpc) is 3.43. The fourth-order valence-corrected chi connectivity index (χ4v) is 4.02. The zero-order chi connectivity index (χ0) is 19.5. The Balaban J connectivity index is 1.30. The predicted octanol–water partition coefficient (Wildman–Crippen LogP) is 3.07. The first-order valence-corrected chi connectivity index (χ1v) is 10.2. The number of nitrogens with zero attached hydrogens (tertiary/aromatic N) is 4. The van der Waals surface area contributed by atoms with Gasteiger partial charge in [0.15, 0.2) is 0 Å². The van der Waals surface area contributed by atoms with Crippen molar-refractivity contribution in [3.8, 4) is 23.3 Å². The van der Waals surface area contributed by atoms with Gasteiger partial charge in [-0.1, -0.05) is 33.2 Å². The third kappa shape index (κ3) is 4.21. The topological polar surface area (TPSA) is 82.6 Å². The van der Waals surface area contributed by atoms with Gasteiger partial charge in [0.05, 0.1) is 18.7 Å². The number of likely N-dealkylation sites (tertiary alicyclic amines) is 2. The Bertz CT molecular complexity index is 876. The molecule has 1 aromatic carbocycles. The number of rotatable bonds is 5. The van der Waals surface area contributed by atoms with E-state index < -0.39 is 0 Å². The molecule has 0 N–H and O–H groups in total. The van der Waals surface area contributed by atoms with Crippen molar-refractivity contribution in [3.63, 3.8) is 0 Å². The summed E-state index contributed by atoms with van der Waals surface area (Å²) in [5.74, 6) is 0.419. The number of nitriles is 1. The summed E-state index contributed by atoms with van der Waals surface area (Å²) in [6, 6.07) is 11.6. The van der Waals surface area contributed by atoms with E-state index in [1.165, 1.54) is 0 Å². The van der Waals surface area contributed by atoms with E-state index in [1.807, 2.05) is 24.3 Å². The second kappa shape index (κ2) is 8.33. The van der Waals surface area contributed by atoms with Gasteiger partial charge in [-0.25, -0.2) is 0 Å². The Morgan fingerprint density at radius 2 is 2.14 bits per heavy atom. The molecule has 8 heteroatoms. The highest BCUT2D eigenvalue weighted by molar-refractivity contribution is 9.10. The molecule has 2 aliphatic heterocycles. The number of aromatic nitrogens is 1. The number of benzene rings is 1. The van der Waals surface area contributed by atoms with Gasteiger partial charge in [0, 0.05) is 29.7 Å². The molecule has 28 heavy (non-hydrogen) atoms. The van der Waals surface area contributed by atoms with Crippen LogP contribution in [0.15, 0.2) is 39.3 Å². The maximum absolute atomic E-state index is 12.5. The molecule has 0 aliphatic carbocycles. The summed E-state index contributed by atoms with van der Waals surface area (Å²) < 4.78 is 12.3. The number of amides is 1. The lowest BCUT2D eigenvalue weighted by atomic mass is 10.2. The predicted molar refractivity (Wildman–Crippen MR) is 105 cm³/mol. The first-order valence-electron chi connectivity index (χ1n) is 9.43. The van der Waals surface area contributed by atoms with Gasteiger partial charge in [-0.15, -0.1) is 0 Å². The van der Waals surface area contributed by atoms with Gasteiger partial charge in [0.25, 0.3) is 0 Å². The second-order valence-electron chi connectivity index (χ2n) is 7.18. The van der Waals surface area contributed by atoms with Gasteiger partial charge < -0.3 is 14.2 Å². The number of hydrogen-bond acceptors (Lipinski definition) is 6. The van der Waals surface area contributed by atoms with Gasteiger partial charge in [-0.2, -0.15) is 5.26 Å². The molecule has 0 radical (unpaired) electrons. The smallest absolute Gasteiger partial charge is 0.312 e. The van der Waals surface area contributed by atoms with Gasteiger partial charge >= 0.3 is 5.95 Å². The summed E-state index contributed by atoms with van der Waals surface area (Å²) in [4.78, 5) is 16.3. The maximum atomic E-state index is 12.5. The second-order valence-corrected chi connectivity index (χ2v) is 8.09. The molecule has 1 aromatic heterocycles. The van der Waals surface area contributed by atoms with Crippen molar-refractivity contribution < 1.29 is 14.1 Å². The maximum Gasteiger partial charge on any atom is 0.312 e. The van der Waals surface area contributed by atoms with Crippen LogP contribution in [0.5, 0.6) is 5.95 Å². The number of hydrogen-bond donors (Lipinski definition) is 0. The van der Waals surface area contributed by atoms with Crippen molar-refractivity contribution in [3.05, 3.63) is 34.8 Å². The van der Waals surface area contributed by atoms with Crippen LogP contribution in [0.4, 0.5) is 0 Å². The lowest BCUT2D eigenvalue weighted by Gasteiger charge is -2.23. The zero-order valence-corrected chi connectivity index (χ0v) is 17.0. The normalized spacial score (nSPS) is 22.4. The van der Waals surface area contributed by atoms with Crippen molar-refractivity contribution >= 4 is 21.8 Å². The van der Waals surface area contributed by atoms with E-state index in [9.17, 15) is 4.79 Å². The number of carbonyl (C=O) groups excluding carboxylic acids is 1. The summed E-state index contributed by atoms with van der Waals surface area (Å²) in [5.41, 5.74) is 1.68. The van der Waals surface area contributed by atoms with Crippen LogP contribution in [-0.4, -0.2) is 59.2 Å². The molecule has 2 atom stereocenters. The Kier molecular flexibility index (Phi) is 5.64. The zero-order valence-electron chi connectivity index (χ0n) is 15.4. The molecule has 146 valence electrons.